The van der Waals surface area contributed by atoms with E-state index in [1.807, 2.05) is 18.2 Å². The van der Waals surface area contributed by atoms with Gasteiger partial charge in [0.05, 0.1) is 11.0 Å². The summed E-state index contributed by atoms with van der Waals surface area (Å²) in [6.07, 6.45) is 2.32. The van der Waals surface area contributed by atoms with Crippen LogP contribution in [0.2, 0.25) is 0 Å². The van der Waals surface area contributed by atoms with Gasteiger partial charge in [0.25, 0.3) is 0 Å². The smallest absolute Gasteiger partial charge is 0.152 e. The molecule has 1 atom stereocenters. The van der Waals surface area contributed by atoms with E-state index in [1.54, 1.807) is 13.8 Å². The molecule has 0 spiro atoms. The fourth-order valence-electron chi connectivity index (χ4n) is 2.54. The van der Waals surface area contributed by atoms with Gasteiger partial charge < -0.3 is 5.73 Å². The molecule has 0 saturated carbocycles. The number of benzene rings is 1. The molecule has 2 N–H and O–H groups in total. The van der Waals surface area contributed by atoms with Gasteiger partial charge in [-0.25, -0.2) is 8.42 Å². The fraction of sp³-hybridized carbons (Fsp3) is 0.571. The number of rotatable bonds is 4. The molecule has 1 unspecified atom stereocenters. The SMILES string of the molecule is CC(C)S(=O)(=O)CCC1(N)CCc2ccccc21. The Morgan fingerprint density at radius 1 is 1.33 bits per heavy atom. The van der Waals surface area contributed by atoms with Gasteiger partial charge in [-0.3, -0.25) is 0 Å². The first-order chi connectivity index (χ1) is 8.35. The van der Waals surface area contributed by atoms with Crippen molar-refractivity contribution in [2.45, 2.75) is 43.9 Å². The van der Waals surface area contributed by atoms with E-state index in [1.165, 1.54) is 5.56 Å². The summed E-state index contributed by atoms with van der Waals surface area (Å²) in [6, 6.07) is 8.10. The van der Waals surface area contributed by atoms with E-state index in [0.717, 1.165) is 18.4 Å². The zero-order valence-corrected chi connectivity index (χ0v) is 11.8. The Morgan fingerprint density at radius 2 is 2.00 bits per heavy atom. The molecular weight excluding hydrogens is 246 g/mol. The van der Waals surface area contributed by atoms with E-state index in [4.69, 9.17) is 5.73 Å². The Labute approximate surface area is 109 Å². The van der Waals surface area contributed by atoms with E-state index in [2.05, 4.69) is 6.07 Å². The van der Waals surface area contributed by atoms with Crippen molar-refractivity contribution in [2.75, 3.05) is 5.75 Å². The highest BCUT2D eigenvalue weighted by atomic mass is 32.2. The van der Waals surface area contributed by atoms with Gasteiger partial charge in [0.1, 0.15) is 0 Å². The van der Waals surface area contributed by atoms with Crippen LogP contribution in [-0.2, 0) is 21.8 Å². The van der Waals surface area contributed by atoms with E-state index in [0.29, 0.717) is 6.42 Å². The van der Waals surface area contributed by atoms with Crippen molar-refractivity contribution in [2.24, 2.45) is 5.73 Å². The van der Waals surface area contributed by atoms with Crippen molar-refractivity contribution in [1.29, 1.82) is 0 Å². The molecule has 4 heteroatoms. The highest BCUT2D eigenvalue weighted by molar-refractivity contribution is 7.91. The normalized spacial score (nSPS) is 23.3. The molecule has 18 heavy (non-hydrogen) atoms. The number of hydrogen-bond donors (Lipinski definition) is 1. The van der Waals surface area contributed by atoms with Gasteiger partial charge >= 0.3 is 0 Å². The van der Waals surface area contributed by atoms with Crippen LogP contribution in [0.4, 0.5) is 0 Å². The topological polar surface area (TPSA) is 60.2 Å². The third-order valence-electron chi connectivity index (χ3n) is 3.95. The molecule has 100 valence electrons. The lowest BCUT2D eigenvalue weighted by atomic mass is 9.90. The van der Waals surface area contributed by atoms with Gasteiger partial charge in [-0.2, -0.15) is 0 Å². The summed E-state index contributed by atoms with van der Waals surface area (Å²) in [5.74, 6) is 0.176. The molecule has 0 fully saturated rings. The Bertz CT molecular complexity index is 536. The van der Waals surface area contributed by atoms with Crippen molar-refractivity contribution in [3.63, 3.8) is 0 Å². The van der Waals surface area contributed by atoms with Crippen LogP contribution in [0.25, 0.3) is 0 Å². The second kappa shape index (κ2) is 4.67. The number of hydrogen-bond acceptors (Lipinski definition) is 3. The number of fused-ring (bicyclic) bond motifs is 1. The lowest BCUT2D eigenvalue weighted by Gasteiger charge is -2.25. The molecule has 0 aliphatic heterocycles. The zero-order chi connectivity index (χ0) is 13.4. The molecule has 2 rings (SSSR count). The summed E-state index contributed by atoms with van der Waals surface area (Å²) in [6.45, 7) is 3.45. The molecule has 0 amide bonds. The third-order valence-corrected chi connectivity index (χ3v) is 6.15. The van der Waals surface area contributed by atoms with E-state index in [9.17, 15) is 8.42 Å². The second-order valence-electron chi connectivity index (χ2n) is 5.48. The third kappa shape index (κ3) is 2.45. The molecule has 1 aromatic rings. The van der Waals surface area contributed by atoms with E-state index in [-0.39, 0.29) is 11.0 Å². The second-order valence-corrected chi connectivity index (χ2v) is 8.16. The molecular formula is C14H21NO2S. The predicted octanol–water partition coefficient (Wildman–Crippen LogP) is 2.00. The minimum atomic E-state index is -3.01. The molecule has 0 heterocycles. The Morgan fingerprint density at radius 3 is 2.67 bits per heavy atom. The first kappa shape index (κ1) is 13.6. The van der Waals surface area contributed by atoms with Crippen LogP contribution in [0, 0.1) is 0 Å². The molecule has 1 aliphatic carbocycles. The Kier molecular flexibility index (Phi) is 3.52. The van der Waals surface area contributed by atoms with Crippen molar-refractivity contribution in [1.82, 2.24) is 0 Å². The van der Waals surface area contributed by atoms with Crippen LogP contribution >= 0.6 is 0 Å². The van der Waals surface area contributed by atoms with Gasteiger partial charge in [0.2, 0.25) is 0 Å². The molecule has 1 aliphatic rings. The summed E-state index contributed by atoms with van der Waals surface area (Å²) >= 11 is 0. The number of sulfone groups is 1. The van der Waals surface area contributed by atoms with Crippen LogP contribution in [0.1, 0.15) is 37.8 Å². The van der Waals surface area contributed by atoms with Crippen LogP contribution in [0.3, 0.4) is 0 Å². The summed E-state index contributed by atoms with van der Waals surface area (Å²) in [7, 11) is -3.01. The van der Waals surface area contributed by atoms with Crippen LogP contribution in [-0.4, -0.2) is 19.4 Å². The molecule has 0 saturated heterocycles. The molecule has 1 aromatic carbocycles. The fourth-order valence-corrected chi connectivity index (χ4v) is 3.66. The van der Waals surface area contributed by atoms with Gasteiger partial charge in [-0.1, -0.05) is 24.3 Å². The number of aryl methyl sites for hydroxylation is 1. The maximum Gasteiger partial charge on any atom is 0.152 e. The summed E-state index contributed by atoms with van der Waals surface area (Å²) in [4.78, 5) is 0. The summed E-state index contributed by atoms with van der Waals surface area (Å²) in [5.41, 5.74) is 8.35. The maximum atomic E-state index is 11.9. The predicted molar refractivity (Wildman–Crippen MR) is 74.2 cm³/mol. The quantitative estimate of drug-likeness (QED) is 0.907. The highest BCUT2D eigenvalue weighted by Gasteiger charge is 2.35. The minimum Gasteiger partial charge on any atom is -0.321 e. The summed E-state index contributed by atoms with van der Waals surface area (Å²) < 4.78 is 23.8. The average Bonchev–Trinajstić information content (AvgIpc) is 2.66. The highest BCUT2D eigenvalue weighted by Crippen LogP contribution is 2.37. The zero-order valence-electron chi connectivity index (χ0n) is 11.0. The van der Waals surface area contributed by atoms with Gasteiger partial charge in [0.15, 0.2) is 9.84 Å². The van der Waals surface area contributed by atoms with E-state index < -0.39 is 15.4 Å². The monoisotopic (exact) mass is 267 g/mol. The largest absolute Gasteiger partial charge is 0.321 e. The lowest BCUT2D eigenvalue weighted by molar-refractivity contribution is 0.424. The van der Waals surface area contributed by atoms with Crippen molar-refractivity contribution in [3.05, 3.63) is 35.4 Å². The summed E-state index contributed by atoms with van der Waals surface area (Å²) in [5, 5.41) is -0.322. The lowest BCUT2D eigenvalue weighted by Crippen LogP contribution is -2.37. The van der Waals surface area contributed by atoms with Crippen molar-refractivity contribution < 1.29 is 8.42 Å². The van der Waals surface area contributed by atoms with Crippen LogP contribution in [0.5, 0.6) is 0 Å². The Hall–Kier alpha value is -0.870. The van der Waals surface area contributed by atoms with Gasteiger partial charge in [0, 0.05) is 5.54 Å². The van der Waals surface area contributed by atoms with Crippen LogP contribution in [0.15, 0.2) is 24.3 Å². The molecule has 3 nitrogen and oxygen atoms in total. The van der Waals surface area contributed by atoms with Crippen LogP contribution < -0.4 is 5.73 Å². The van der Waals surface area contributed by atoms with Crippen molar-refractivity contribution >= 4 is 9.84 Å². The standard InChI is InChI=1S/C14H21NO2S/c1-11(2)18(16,17)10-9-14(15)8-7-12-5-3-4-6-13(12)14/h3-6,11H,7-10,15H2,1-2H3. The first-order valence-corrected chi connectivity index (χ1v) is 8.15. The Balaban J connectivity index is 2.16. The molecule has 0 aromatic heterocycles. The van der Waals surface area contributed by atoms with Crippen molar-refractivity contribution in [3.8, 4) is 0 Å². The molecule has 0 radical (unpaired) electrons. The van der Waals surface area contributed by atoms with E-state index >= 15 is 0 Å². The first-order valence-electron chi connectivity index (χ1n) is 6.44. The molecule has 0 bridgehead atoms. The maximum absolute atomic E-state index is 11.9. The minimum absolute atomic E-state index is 0.176. The average molecular weight is 267 g/mol. The number of nitrogens with two attached hydrogens (primary N) is 1. The van der Waals surface area contributed by atoms with Gasteiger partial charge in [-0.15, -0.1) is 0 Å². The van der Waals surface area contributed by atoms with Gasteiger partial charge in [-0.05, 0) is 44.2 Å².